The summed E-state index contributed by atoms with van der Waals surface area (Å²) in [6, 6.07) is 8.97. The number of hydrogen-bond acceptors (Lipinski definition) is 7. The topological polar surface area (TPSA) is 105 Å². The Labute approximate surface area is 237 Å². The molecule has 9 heteroatoms. The number of amides is 1. The molecule has 1 aliphatic carbocycles. The van der Waals surface area contributed by atoms with E-state index in [2.05, 4.69) is 63.1 Å². The quantitative estimate of drug-likeness (QED) is 0.497. The van der Waals surface area contributed by atoms with Crippen LogP contribution < -0.4 is 11.1 Å². The molecule has 3 aliphatic rings. The number of anilines is 2. The smallest absolute Gasteiger partial charge is 0.276 e. The predicted octanol–water partition coefficient (Wildman–Crippen LogP) is 4.24. The van der Waals surface area contributed by atoms with Crippen molar-refractivity contribution < 1.29 is 4.79 Å². The number of carbonyl (C=O) groups is 1. The number of benzene rings is 1. The van der Waals surface area contributed by atoms with Gasteiger partial charge in [-0.15, -0.1) is 0 Å². The summed E-state index contributed by atoms with van der Waals surface area (Å²) in [5.74, 6) is 0.896. The first kappa shape index (κ1) is 26.9. The molecule has 2 fully saturated rings. The van der Waals surface area contributed by atoms with E-state index in [0.29, 0.717) is 12.1 Å². The first-order chi connectivity index (χ1) is 19.2. The summed E-state index contributed by atoms with van der Waals surface area (Å²) in [6.07, 6.45) is 7.67. The molecule has 1 amide bonds. The van der Waals surface area contributed by atoms with Gasteiger partial charge in [-0.05, 0) is 92.9 Å². The zero-order chi connectivity index (χ0) is 28.0. The van der Waals surface area contributed by atoms with Crippen molar-refractivity contribution in [3.05, 3.63) is 52.8 Å². The highest BCUT2D eigenvalue weighted by molar-refractivity contribution is 6.05. The third-order valence-electron chi connectivity index (χ3n) is 9.16. The second-order valence-electron chi connectivity index (χ2n) is 12.7. The van der Waals surface area contributed by atoms with Crippen LogP contribution in [-0.4, -0.2) is 67.7 Å². The summed E-state index contributed by atoms with van der Waals surface area (Å²) in [5.41, 5.74) is 11.6. The van der Waals surface area contributed by atoms with Crippen LogP contribution >= 0.6 is 0 Å². The molecule has 40 heavy (non-hydrogen) atoms. The van der Waals surface area contributed by atoms with E-state index in [1.165, 1.54) is 44.3 Å². The molecule has 0 radical (unpaired) electrons. The van der Waals surface area contributed by atoms with Gasteiger partial charge in [-0.1, -0.05) is 32.9 Å². The molecule has 0 saturated carbocycles. The zero-order valence-corrected chi connectivity index (χ0v) is 24.3. The number of nitrogens with one attached hydrogen (secondary N) is 1. The van der Waals surface area contributed by atoms with Gasteiger partial charge in [0.2, 0.25) is 5.95 Å². The monoisotopic (exact) mass is 542 g/mol. The third-order valence-corrected chi connectivity index (χ3v) is 9.16. The number of piperidine rings is 2. The Hall–Kier alpha value is -3.30. The largest absolute Gasteiger partial charge is 0.368 e. The van der Waals surface area contributed by atoms with E-state index in [-0.39, 0.29) is 17.3 Å². The van der Waals surface area contributed by atoms with E-state index in [4.69, 9.17) is 5.73 Å². The second-order valence-corrected chi connectivity index (χ2v) is 12.7. The molecule has 6 rings (SSSR count). The average Bonchev–Trinajstić information content (AvgIpc) is 3.29. The Morgan fingerprint density at radius 2 is 1.88 bits per heavy atom. The van der Waals surface area contributed by atoms with Gasteiger partial charge >= 0.3 is 0 Å². The van der Waals surface area contributed by atoms with Crippen LogP contribution in [0.1, 0.15) is 73.6 Å². The fourth-order valence-corrected chi connectivity index (χ4v) is 6.95. The van der Waals surface area contributed by atoms with Gasteiger partial charge in [0.15, 0.2) is 5.69 Å². The van der Waals surface area contributed by atoms with Crippen LogP contribution in [0.3, 0.4) is 0 Å². The number of aryl methyl sites for hydroxylation is 1. The lowest BCUT2D eigenvalue weighted by Gasteiger charge is -2.41. The molecule has 212 valence electrons. The van der Waals surface area contributed by atoms with Crippen LogP contribution in [0.5, 0.6) is 0 Å². The average molecular weight is 543 g/mol. The summed E-state index contributed by atoms with van der Waals surface area (Å²) in [7, 11) is 1.86. The van der Waals surface area contributed by atoms with Gasteiger partial charge in [-0.25, -0.2) is 9.97 Å². The number of nitrogens with two attached hydrogens (primary N) is 1. The van der Waals surface area contributed by atoms with E-state index in [1.54, 1.807) is 10.9 Å². The zero-order valence-electron chi connectivity index (χ0n) is 24.3. The molecule has 2 aliphatic heterocycles. The Bertz CT molecular complexity index is 1400. The normalized spacial score (nSPS) is 20.2. The Balaban J connectivity index is 1.14. The first-order valence-electron chi connectivity index (χ1n) is 14.7. The lowest BCUT2D eigenvalue weighted by molar-refractivity contribution is 0.0779. The minimum absolute atomic E-state index is 0.204. The maximum absolute atomic E-state index is 13.6. The van der Waals surface area contributed by atoms with E-state index in [0.717, 1.165) is 59.8 Å². The van der Waals surface area contributed by atoms with Crippen molar-refractivity contribution in [2.24, 2.45) is 13.0 Å². The van der Waals surface area contributed by atoms with Crippen molar-refractivity contribution in [3.8, 4) is 11.4 Å². The third kappa shape index (κ3) is 5.24. The summed E-state index contributed by atoms with van der Waals surface area (Å²) >= 11 is 0. The van der Waals surface area contributed by atoms with Gasteiger partial charge in [-0.2, -0.15) is 5.10 Å². The number of fused-ring (bicyclic) bond motifs is 3. The van der Waals surface area contributed by atoms with E-state index in [1.807, 2.05) is 19.2 Å². The number of nitrogens with zero attached hydrogens (tertiary/aromatic N) is 6. The molecule has 3 aromatic rings. The molecular formula is C31H42N8O. The molecule has 3 N–H and O–H groups in total. The highest BCUT2D eigenvalue weighted by Gasteiger charge is 2.39. The highest BCUT2D eigenvalue weighted by Crippen LogP contribution is 2.43. The van der Waals surface area contributed by atoms with Gasteiger partial charge in [-0.3, -0.25) is 14.4 Å². The molecule has 9 nitrogen and oxygen atoms in total. The van der Waals surface area contributed by atoms with Gasteiger partial charge in [0.05, 0.1) is 11.4 Å². The van der Waals surface area contributed by atoms with Crippen LogP contribution in [-0.2, 0) is 25.4 Å². The molecule has 0 atom stereocenters. The number of likely N-dealkylation sites (tertiary alicyclic amines) is 2. The summed E-state index contributed by atoms with van der Waals surface area (Å²) in [6.45, 7) is 12.3. The summed E-state index contributed by atoms with van der Waals surface area (Å²) in [4.78, 5) is 27.6. The van der Waals surface area contributed by atoms with Gasteiger partial charge < -0.3 is 16.0 Å². The molecular weight excluding hydrogens is 500 g/mol. The van der Waals surface area contributed by atoms with Crippen molar-refractivity contribution in [1.29, 1.82) is 0 Å². The minimum Gasteiger partial charge on any atom is -0.368 e. The molecule has 2 aromatic heterocycles. The van der Waals surface area contributed by atoms with Gasteiger partial charge in [0.1, 0.15) is 0 Å². The van der Waals surface area contributed by atoms with Crippen molar-refractivity contribution in [1.82, 2.24) is 29.5 Å². The molecule has 0 spiro atoms. The van der Waals surface area contributed by atoms with E-state index in [9.17, 15) is 4.79 Å². The lowest BCUT2D eigenvalue weighted by atomic mass is 9.73. The van der Waals surface area contributed by atoms with Gasteiger partial charge in [0.25, 0.3) is 5.91 Å². The van der Waals surface area contributed by atoms with E-state index >= 15 is 0 Å². The maximum atomic E-state index is 13.6. The van der Waals surface area contributed by atoms with Crippen LogP contribution in [0.2, 0.25) is 0 Å². The SMILES string of the molecule is CC1CCN(C2CCN(Cc3cccc(NC(=O)c4nn(C)c5c4C(C)(C)Cc4cnc(N)nc4-5)c3)CC2)CC1. The van der Waals surface area contributed by atoms with Crippen LogP contribution in [0.4, 0.5) is 11.6 Å². The minimum atomic E-state index is -0.302. The Morgan fingerprint density at radius 1 is 1.12 bits per heavy atom. The number of rotatable bonds is 5. The van der Waals surface area contributed by atoms with Crippen molar-refractivity contribution >= 4 is 17.5 Å². The first-order valence-corrected chi connectivity index (χ1v) is 14.7. The fourth-order valence-electron chi connectivity index (χ4n) is 6.95. The molecule has 4 heterocycles. The number of nitrogen functional groups attached to an aromatic ring is 1. The molecule has 0 bridgehead atoms. The van der Waals surface area contributed by atoms with Crippen molar-refractivity contribution in [2.45, 2.75) is 70.9 Å². The second kappa shape index (κ2) is 10.6. The lowest BCUT2D eigenvalue weighted by Crippen LogP contribution is -2.47. The van der Waals surface area contributed by atoms with Crippen molar-refractivity contribution in [3.63, 3.8) is 0 Å². The van der Waals surface area contributed by atoms with Crippen LogP contribution in [0.25, 0.3) is 11.4 Å². The predicted molar refractivity (Wildman–Crippen MR) is 158 cm³/mol. The maximum Gasteiger partial charge on any atom is 0.276 e. The number of hydrogen-bond donors (Lipinski definition) is 2. The molecule has 1 aromatic carbocycles. The number of aromatic nitrogens is 4. The highest BCUT2D eigenvalue weighted by atomic mass is 16.2. The standard InChI is InChI=1S/C31H42N8O/c1-20-8-14-39(15-9-20)24-10-12-38(13-11-24)19-21-6-5-7-23(16-21)34-29(40)27-25-28(37(4)36-27)26-22(17-31(25,2)3)18-33-30(32)35-26/h5-7,16,18,20,24H,8-15,17,19H2,1-4H3,(H,34,40)(H2,32,33,35). The fraction of sp³-hybridized carbons (Fsp3) is 0.548. The summed E-state index contributed by atoms with van der Waals surface area (Å²) < 4.78 is 1.75. The molecule has 0 unspecified atom stereocenters. The van der Waals surface area contributed by atoms with Crippen LogP contribution in [0, 0.1) is 5.92 Å². The van der Waals surface area contributed by atoms with Gasteiger partial charge in [0, 0.05) is 37.1 Å². The Morgan fingerprint density at radius 3 is 2.62 bits per heavy atom. The number of carbonyl (C=O) groups excluding carboxylic acids is 1. The van der Waals surface area contributed by atoms with E-state index < -0.39 is 0 Å². The summed E-state index contributed by atoms with van der Waals surface area (Å²) in [5, 5.41) is 7.80. The molecule has 2 saturated heterocycles. The van der Waals surface area contributed by atoms with Crippen molar-refractivity contribution in [2.75, 3.05) is 37.2 Å². The van der Waals surface area contributed by atoms with Crippen LogP contribution in [0.15, 0.2) is 30.5 Å². The Kier molecular flexibility index (Phi) is 7.12.